The number of nitrogens with zero attached hydrogens (tertiary/aromatic N) is 4. The first-order chi connectivity index (χ1) is 16.1. The summed E-state index contributed by atoms with van der Waals surface area (Å²) in [4.78, 5) is 47.3. The Morgan fingerprint density at radius 3 is 2.56 bits per heavy atom. The highest BCUT2D eigenvalue weighted by Gasteiger charge is 2.48. The number of rotatable bonds is 5. The molecule has 178 valence electrons. The molecule has 0 spiro atoms. The van der Waals surface area contributed by atoms with Crippen LogP contribution >= 0.6 is 11.3 Å². The summed E-state index contributed by atoms with van der Waals surface area (Å²) < 4.78 is 14.6. The van der Waals surface area contributed by atoms with Crippen LogP contribution in [-0.4, -0.2) is 62.5 Å². The van der Waals surface area contributed by atoms with Crippen molar-refractivity contribution >= 4 is 23.2 Å². The molecule has 0 aliphatic carbocycles. The summed E-state index contributed by atoms with van der Waals surface area (Å²) >= 11 is 1.28. The number of hydrogen-bond donors (Lipinski definition) is 1. The molecule has 8 nitrogen and oxygen atoms in total. The molecule has 0 fully saturated rings. The van der Waals surface area contributed by atoms with E-state index in [2.05, 4.69) is 4.98 Å². The Balaban J connectivity index is 1.76. The predicted molar refractivity (Wildman–Crippen MR) is 126 cm³/mol. The summed E-state index contributed by atoms with van der Waals surface area (Å²) in [6, 6.07) is 6.13. The lowest BCUT2D eigenvalue weighted by atomic mass is 9.93. The Morgan fingerprint density at radius 1 is 1.26 bits per heavy atom. The van der Waals surface area contributed by atoms with Crippen LogP contribution in [0.3, 0.4) is 0 Å². The lowest BCUT2D eigenvalue weighted by Gasteiger charge is -2.45. The number of thiazole rings is 1. The van der Waals surface area contributed by atoms with E-state index in [1.54, 1.807) is 46.3 Å². The maximum absolute atomic E-state index is 13.2. The predicted octanol–water partition coefficient (Wildman–Crippen LogP) is 2.73. The van der Waals surface area contributed by atoms with Crippen molar-refractivity contribution in [3.8, 4) is 16.3 Å². The van der Waals surface area contributed by atoms with Crippen molar-refractivity contribution in [3.63, 3.8) is 0 Å². The molecule has 1 aromatic carbocycles. The molecule has 3 heterocycles. The molecule has 0 saturated carbocycles. The first-order valence-corrected chi connectivity index (χ1v) is 11.6. The molecule has 0 saturated heterocycles. The van der Waals surface area contributed by atoms with Crippen LogP contribution < -0.4 is 5.43 Å². The van der Waals surface area contributed by atoms with Gasteiger partial charge in [-0.15, -0.1) is 11.3 Å². The van der Waals surface area contributed by atoms with Crippen LogP contribution in [0.1, 0.15) is 34.8 Å². The van der Waals surface area contributed by atoms with E-state index in [0.29, 0.717) is 11.4 Å². The molecule has 1 atom stereocenters. The molecule has 0 bridgehead atoms. The summed E-state index contributed by atoms with van der Waals surface area (Å²) in [7, 11) is 3.24. The Labute approximate surface area is 199 Å². The fourth-order valence-electron chi connectivity index (χ4n) is 4.39. The van der Waals surface area contributed by atoms with E-state index in [0.717, 1.165) is 10.4 Å². The van der Waals surface area contributed by atoms with Crippen molar-refractivity contribution in [2.75, 3.05) is 20.6 Å². The number of aromatic hydroxyl groups is 1. The van der Waals surface area contributed by atoms with Gasteiger partial charge in [0.1, 0.15) is 16.4 Å². The molecule has 3 aromatic rings. The zero-order chi connectivity index (χ0) is 24.8. The third-order valence-corrected chi connectivity index (χ3v) is 7.07. The first kappa shape index (κ1) is 23.6. The summed E-state index contributed by atoms with van der Waals surface area (Å²) in [6.45, 7) is 3.74. The number of carbonyl (C=O) groups is 2. The smallest absolute Gasteiger partial charge is 0.275 e. The standard InChI is InChI=1S/C24H25FN4O4S/c1-5-29-22(32)18-20(31)19(30)17(12-28(18)13-24(29,2)23(33)27(3)4)21-26-11-16(34-21)10-14-6-8-15(25)9-7-14/h6-9,11-12,31H,5,10,13H2,1-4H3/t24-/m1/s1. The van der Waals surface area contributed by atoms with Gasteiger partial charge >= 0.3 is 0 Å². The van der Waals surface area contributed by atoms with Gasteiger partial charge in [0.25, 0.3) is 5.91 Å². The van der Waals surface area contributed by atoms with Gasteiger partial charge < -0.3 is 19.5 Å². The van der Waals surface area contributed by atoms with E-state index < -0.39 is 22.6 Å². The molecule has 4 rings (SSSR count). The Hall–Kier alpha value is -3.53. The minimum atomic E-state index is -1.18. The largest absolute Gasteiger partial charge is 0.503 e. The third-order valence-electron chi connectivity index (χ3n) is 6.04. The van der Waals surface area contributed by atoms with Crippen LogP contribution in [0, 0.1) is 5.82 Å². The quantitative estimate of drug-likeness (QED) is 0.601. The molecule has 0 radical (unpaired) electrons. The minimum absolute atomic E-state index is 0.0770. The number of benzene rings is 1. The monoisotopic (exact) mass is 484 g/mol. The lowest BCUT2D eigenvalue weighted by molar-refractivity contribution is -0.141. The second-order valence-corrected chi connectivity index (χ2v) is 9.77. The molecule has 2 amide bonds. The third kappa shape index (κ3) is 3.87. The zero-order valence-electron chi connectivity index (χ0n) is 19.3. The second kappa shape index (κ2) is 8.68. The fourth-order valence-corrected chi connectivity index (χ4v) is 5.35. The van der Waals surface area contributed by atoms with Crippen molar-refractivity contribution < 1.29 is 19.1 Å². The van der Waals surface area contributed by atoms with E-state index in [-0.39, 0.29) is 36.1 Å². The van der Waals surface area contributed by atoms with Crippen LogP contribution in [0.5, 0.6) is 5.75 Å². The molecule has 10 heteroatoms. The SMILES string of the molecule is CCN1C(=O)c2c(O)c(=O)c(-c3ncc(Cc4ccc(F)cc4)s3)cn2C[C@]1(C)C(=O)N(C)C. The van der Waals surface area contributed by atoms with Crippen molar-refractivity contribution in [2.45, 2.75) is 32.4 Å². The topological polar surface area (TPSA) is 95.7 Å². The summed E-state index contributed by atoms with van der Waals surface area (Å²) in [5.74, 6) is -1.81. The number of amides is 2. The second-order valence-electron chi connectivity index (χ2n) is 8.65. The Kier molecular flexibility index (Phi) is 6.03. The number of hydrogen-bond acceptors (Lipinski definition) is 6. The van der Waals surface area contributed by atoms with Crippen LogP contribution in [0.15, 0.2) is 41.5 Å². The van der Waals surface area contributed by atoms with E-state index in [1.807, 2.05) is 0 Å². The molecule has 1 aliphatic rings. The maximum Gasteiger partial charge on any atom is 0.275 e. The highest BCUT2D eigenvalue weighted by molar-refractivity contribution is 7.15. The van der Waals surface area contributed by atoms with E-state index in [9.17, 15) is 23.9 Å². The Bertz CT molecular complexity index is 1330. The van der Waals surface area contributed by atoms with Crippen molar-refractivity contribution in [3.05, 3.63) is 68.8 Å². The minimum Gasteiger partial charge on any atom is -0.503 e. The van der Waals surface area contributed by atoms with Crippen molar-refractivity contribution in [2.24, 2.45) is 0 Å². The molecule has 34 heavy (non-hydrogen) atoms. The average Bonchev–Trinajstić information content (AvgIpc) is 3.25. The van der Waals surface area contributed by atoms with Crippen LogP contribution in [0.4, 0.5) is 4.39 Å². The maximum atomic E-state index is 13.2. The van der Waals surface area contributed by atoms with Gasteiger partial charge in [-0.1, -0.05) is 12.1 Å². The van der Waals surface area contributed by atoms with Crippen molar-refractivity contribution in [1.82, 2.24) is 19.4 Å². The number of pyridine rings is 1. The van der Waals surface area contributed by atoms with E-state index in [1.165, 1.54) is 44.0 Å². The summed E-state index contributed by atoms with van der Waals surface area (Å²) in [5.41, 5.74) is -0.972. The normalized spacial score (nSPS) is 17.6. The van der Waals surface area contributed by atoms with Gasteiger partial charge in [0.2, 0.25) is 11.3 Å². The number of fused-ring (bicyclic) bond motifs is 1. The first-order valence-electron chi connectivity index (χ1n) is 10.8. The van der Waals surface area contributed by atoms with Gasteiger partial charge in [-0.2, -0.15) is 0 Å². The van der Waals surface area contributed by atoms with Crippen LogP contribution in [0.2, 0.25) is 0 Å². The number of likely N-dealkylation sites (N-methyl/N-ethyl adjacent to an activating group) is 2. The summed E-state index contributed by atoms with van der Waals surface area (Å²) in [5, 5.41) is 11.1. The number of halogens is 1. The Morgan fingerprint density at radius 2 is 1.94 bits per heavy atom. The van der Waals surface area contributed by atoms with Gasteiger partial charge in [-0.25, -0.2) is 9.37 Å². The van der Waals surface area contributed by atoms with Gasteiger partial charge in [-0.3, -0.25) is 14.4 Å². The zero-order valence-corrected chi connectivity index (χ0v) is 20.1. The van der Waals surface area contributed by atoms with E-state index >= 15 is 0 Å². The summed E-state index contributed by atoms with van der Waals surface area (Å²) in [6.07, 6.45) is 3.63. The van der Waals surface area contributed by atoms with Crippen LogP contribution in [0.25, 0.3) is 10.6 Å². The molecular formula is C24H25FN4O4S. The average molecular weight is 485 g/mol. The van der Waals surface area contributed by atoms with Gasteiger partial charge in [0, 0.05) is 44.3 Å². The van der Waals surface area contributed by atoms with Gasteiger partial charge in [0.15, 0.2) is 11.4 Å². The number of aromatic nitrogens is 2. The van der Waals surface area contributed by atoms with E-state index in [4.69, 9.17) is 0 Å². The van der Waals surface area contributed by atoms with Gasteiger partial charge in [-0.05, 0) is 31.5 Å². The lowest BCUT2D eigenvalue weighted by Crippen LogP contribution is -2.63. The van der Waals surface area contributed by atoms with Crippen LogP contribution in [-0.2, 0) is 17.8 Å². The molecular weight excluding hydrogens is 459 g/mol. The highest BCUT2D eigenvalue weighted by Crippen LogP contribution is 2.33. The van der Waals surface area contributed by atoms with Crippen molar-refractivity contribution in [1.29, 1.82) is 0 Å². The molecule has 1 aliphatic heterocycles. The molecule has 1 N–H and O–H groups in total. The fraction of sp³-hybridized carbons (Fsp3) is 0.333. The van der Waals surface area contributed by atoms with Gasteiger partial charge in [0.05, 0.1) is 12.1 Å². The highest BCUT2D eigenvalue weighted by atomic mass is 32.1. The molecule has 0 unspecified atom stereocenters. The number of carbonyl (C=O) groups excluding carboxylic acids is 2. The molecule has 2 aromatic heterocycles.